The summed E-state index contributed by atoms with van der Waals surface area (Å²) >= 11 is 0. The number of hydrogen-bond acceptors (Lipinski definition) is 4. The molecular formula is C15H28IN5O2S. The van der Waals surface area contributed by atoms with Gasteiger partial charge < -0.3 is 10.6 Å². The van der Waals surface area contributed by atoms with Crippen molar-refractivity contribution in [3.05, 3.63) is 17.0 Å². The van der Waals surface area contributed by atoms with Crippen molar-refractivity contribution in [1.82, 2.24) is 20.4 Å². The first-order valence-corrected chi connectivity index (χ1v) is 9.89. The number of hydrogen-bond donors (Lipinski definition) is 2. The summed E-state index contributed by atoms with van der Waals surface area (Å²) in [5.41, 5.74) is 3.44. The van der Waals surface area contributed by atoms with Gasteiger partial charge in [0.25, 0.3) is 0 Å². The number of aromatic nitrogens is 2. The zero-order valence-electron chi connectivity index (χ0n) is 14.8. The molecule has 2 rings (SSSR count). The molecule has 2 heterocycles. The lowest BCUT2D eigenvalue weighted by Gasteiger charge is -2.15. The minimum Gasteiger partial charge on any atom is -0.357 e. The van der Waals surface area contributed by atoms with E-state index in [9.17, 15) is 8.42 Å². The van der Waals surface area contributed by atoms with Crippen molar-refractivity contribution < 1.29 is 8.42 Å². The Kier molecular flexibility index (Phi) is 7.97. The van der Waals surface area contributed by atoms with Crippen molar-refractivity contribution in [1.29, 1.82) is 0 Å². The predicted octanol–water partition coefficient (Wildman–Crippen LogP) is 0.940. The topological polar surface area (TPSA) is 88.4 Å². The second-order valence-electron chi connectivity index (χ2n) is 6.03. The van der Waals surface area contributed by atoms with Crippen molar-refractivity contribution in [3.8, 4) is 0 Å². The summed E-state index contributed by atoms with van der Waals surface area (Å²) in [5.74, 6) is 1.14. The number of nitrogens with one attached hydrogen (secondary N) is 2. The Morgan fingerprint density at radius 2 is 2.12 bits per heavy atom. The highest BCUT2D eigenvalue weighted by Gasteiger charge is 2.28. The molecule has 1 aromatic heterocycles. The van der Waals surface area contributed by atoms with Gasteiger partial charge in [-0.1, -0.05) is 0 Å². The van der Waals surface area contributed by atoms with E-state index in [1.54, 1.807) is 0 Å². The van der Waals surface area contributed by atoms with Crippen LogP contribution in [0.3, 0.4) is 0 Å². The van der Waals surface area contributed by atoms with E-state index in [1.165, 1.54) is 5.56 Å². The highest BCUT2D eigenvalue weighted by Crippen LogP contribution is 2.13. The van der Waals surface area contributed by atoms with Gasteiger partial charge in [0, 0.05) is 31.9 Å². The van der Waals surface area contributed by atoms with E-state index >= 15 is 0 Å². The van der Waals surface area contributed by atoms with Crippen molar-refractivity contribution in [2.75, 3.05) is 24.6 Å². The second-order valence-corrected chi connectivity index (χ2v) is 8.26. The molecule has 24 heavy (non-hydrogen) atoms. The summed E-state index contributed by atoms with van der Waals surface area (Å²) in [6.07, 6.45) is 1.47. The number of sulfone groups is 1. The third-order valence-electron chi connectivity index (χ3n) is 4.21. The number of nitrogens with zero attached hydrogens (tertiary/aromatic N) is 3. The van der Waals surface area contributed by atoms with E-state index in [0.29, 0.717) is 18.9 Å². The van der Waals surface area contributed by atoms with Crippen LogP contribution in [0, 0.1) is 13.8 Å². The Labute approximate surface area is 161 Å². The van der Waals surface area contributed by atoms with Crippen LogP contribution < -0.4 is 10.6 Å². The summed E-state index contributed by atoms with van der Waals surface area (Å²) in [5, 5.41) is 10.8. The summed E-state index contributed by atoms with van der Waals surface area (Å²) in [6, 6.07) is -0.0420. The molecule has 1 aliphatic rings. The average Bonchev–Trinajstić information content (AvgIpc) is 2.92. The molecule has 0 bridgehead atoms. The molecule has 0 spiro atoms. The molecule has 1 unspecified atom stereocenters. The SMILES string of the molecule is CCNC(=NCCc1c(C)nn(C)c1C)NC1CCS(=O)(=O)C1.I. The quantitative estimate of drug-likeness (QED) is 0.381. The van der Waals surface area contributed by atoms with Gasteiger partial charge in [-0.05, 0) is 39.2 Å². The van der Waals surface area contributed by atoms with Gasteiger partial charge in [-0.25, -0.2) is 8.42 Å². The van der Waals surface area contributed by atoms with Gasteiger partial charge >= 0.3 is 0 Å². The first-order chi connectivity index (χ1) is 10.8. The van der Waals surface area contributed by atoms with E-state index < -0.39 is 9.84 Å². The van der Waals surface area contributed by atoms with Crippen LogP contribution in [-0.2, 0) is 23.3 Å². The largest absolute Gasteiger partial charge is 0.357 e. The fourth-order valence-corrected chi connectivity index (χ4v) is 4.55. The average molecular weight is 469 g/mol. The maximum atomic E-state index is 11.5. The first-order valence-electron chi connectivity index (χ1n) is 8.06. The zero-order valence-corrected chi connectivity index (χ0v) is 17.9. The fraction of sp³-hybridized carbons (Fsp3) is 0.733. The maximum absolute atomic E-state index is 11.5. The van der Waals surface area contributed by atoms with Gasteiger partial charge in [0.1, 0.15) is 0 Å². The lowest BCUT2D eigenvalue weighted by Crippen LogP contribution is -2.44. The smallest absolute Gasteiger partial charge is 0.191 e. The molecule has 138 valence electrons. The Morgan fingerprint density at radius 3 is 2.62 bits per heavy atom. The fourth-order valence-electron chi connectivity index (χ4n) is 2.88. The maximum Gasteiger partial charge on any atom is 0.191 e. The molecule has 1 aliphatic heterocycles. The van der Waals surface area contributed by atoms with Gasteiger partial charge in [0.05, 0.1) is 17.2 Å². The van der Waals surface area contributed by atoms with Gasteiger partial charge in [-0.2, -0.15) is 5.10 Å². The number of aliphatic imine (C=N–C) groups is 1. The van der Waals surface area contributed by atoms with Crippen LogP contribution in [0.1, 0.15) is 30.3 Å². The molecule has 1 aromatic rings. The monoisotopic (exact) mass is 469 g/mol. The van der Waals surface area contributed by atoms with Crippen molar-refractivity contribution >= 4 is 39.8 Å². The Hall–Kier alpha value is -0.840. The molecule has 0 amide bonds. The lowest BCUT2D eigenvalue weighted by atomic mass is 10.1. The van der Waals surface area contributed by atoms with Crippen LogP contribution in [0.2, 0.25) is 0 Å². The normalized spacial score (nSPS) is 19.8. The predicted molar refractivity (Wildman–Crippen MR) is 108 cm³/mol. The summed E-state index contributed by atoms with van der Waals surface area (Å²) in [6.45, 7) is 7.46. The number of guanidine groups is 1. The van der Waals surface area contributed by atoms with Crippen molar-refractivity contribution in [2.24, 2.45) is 12.0 Å². The van der Waals surface area contributed by atoms with Crippen molar-refractivity contribution in [3.63, 3.8) is 0 Å². The van der Waals surface area contributed by atoms with Crippen LogP contribution in [0.5, 0.6) is 0 Å². The van der Waals surface area contributed by atoms with E-state index in [4.69, 9.17) is 0 Å². The molecule has 0 aromatic carbocycles. The summed E-state index contributed by atoms with van der Waals surface area (Å²) < 4.78 is 25.0. The van der Waals surface area contributed by atoms with Gasteiger partial charge in [0.15, 0.2) is 15.8 Å². The molecule has 2 N–H and O–H groups in total. The van der Waals surface area contributed by atoms with Crippen LogP contribution >= 0.6 is 24.0 Å². The zero-order chi connectivity index (χ0) is 17.0. The second kappa shape index (κ2) is 9.02. The van der Waals surface area contributed by atoms with E-state index in [1.807, 2.05) is 25.6 Å². The number of aryl methyl sites for hydroxylation is 2. The molecule has 0 radical (unpaired) electrons. The van der Waals surface area contributed by atoms with Crippen LogP contribution in [0.4, 0.5) is 0 Å². The van der Waals surface area contributed by atoms with Gasteiger partial charge in [-0.15, -0.1) is 24.0 Å². The van der Waals surface area contributed by atoms with E-state index in [-0.39, 0.29) is 41.5 Å². The Bertz CT molecular complexity index is 684. The summed E-state index contributed by atoms with van der Waals surface area (Å²) in [7, 11) is -0.939. The van der Waals surface area contributed by atoms with Crippen molar-refractivity contribution in [2.45, 2.75) is 39.7 Å². The molecule has 1 fully saturated rings. The molecule has 0 saturated carbocycles. The highest BCUT2D eigenvalue weighted by molar-refractivity contribution is 14.0. The third kappa shape index (κ3) is 5.61. The standard InChI is InChI=1S/C15H27N5O2S.HI/c1-5-16-15(18-13-7-9-23(21,22)10-13)17-8-6-14-11(2)19-20(4)12(14)3;/h13H,5-10H2,1-4H3,(H2,16,17,18);1H. The molecule has 9 heteroatoms. The molecular weight excluding hydrogens is 441 g/mol. The van der Waals surface area contributed by atoms with Crippen LogP contribution in [0.15, 0.2) is 4.99 Å². The summed E-state index contributed by atoms with van der Waals surface area (Å²) in [4.78, 5) is 4.57. The Morgan fingerprint density at radius 1 is 1.42 bits per heavy atom. The molecule has 1 atom stereocenters. The first kappa shape index (κ1) is 21.2. The molecule has 7 nitrogen and oxygen atoms in total. The van der Waals surface area contributed by atoms with E-state index in [2.05, 4.69) is 27.6 Å². The van der Waals surface area contributed by atoms with Gasteiger partial charge in [0.2, 0.25) is 0 Å². The van der Waals surface area contributed by atoms with E-state index in [0.717, 1.165) is 24.4 Å². The molecule has 0 aliphatic carbocycles. The lowest BCUT2D eigenvalue weighted by molar-refractivity contribution is 0.599. The number of halogens is 1. The minimum absolute atomic E-state index is 0. The van der Waals surface area contributed by atoms with Crippen LogP contribution in [0.25, 0.3) is 0 Å². The Balaban J connectivity index is 0.00000288. The minimum atomic E-state index is -2.88. The highest BCUT2D eigenvalue weighted by atomic mass is 127. The van der Waals surface area contributed by atoms with Crippen LogP contribution in [-0.4, -0.2) is 54.8 Å². The third-order valence-corrected chi connectivity index (χ3v) is 5.98. The van der Waals surface area contributed by atoms with Gasteiger partial charge in [-0.3, -0.25) is 9.67 Å². The number of rotatable bonds is 5. The molecule has 1 saturated heterocycles.